The highest BCUT2D eigenvalue weighted by molar-refractivity contribution is 7.19. The van der Waals surface area contributed by atoms with Crippen molar-refractivity contribution >= 4 is 44.5 Å². The summed E-state index contributed by atoms with van der Waals surface area (Å²) in [6, 6.07) is 66.5. The Morgan fingerprint density at radius 1 is 0.422 bits per heavy atom. The molecule has 2 aliphatic rings. The minimum Gasteiger partial charge on any atom is -0.268 e. The van der Waals surface area contributed by atoms with Gasteiger partial charge in [0.2, 0.25) is 0 Å². The number of aryl methyl sites for hydroxylation is 6. The van der Waals surface area contributed by atoms with Crippen LogP contribution in [0.3, 0.4) is 0 Å². The molecule has 0 bridgehead atoms. The summed E-state index contributed by atoms with van der Waals surface area (Å²) < 4.78 is 2.11. The minimum atomic E-state index is -0.615. The van der Waals surface area contributed by atoms with E-state index in [-0.39, 0.29) is 28.5 Å². The first-order valence-corrected chi connectivity index (χ1v) is 31.7. The molecule has 446 valence electrons. The third-order valence-electron chi connectivity index (χ3n) is 17.5. The van der Waals surface area contributed by atoms with Gasteiger partial charge < -0.3 is 0 Å². The van der Waals surface area contributed by atoms with E-state index in [0.29, 0.717) is 0 Å². The Labute approximate surface area is 531 Å². The van der Waals surface area contributed by atoms with Crippen molar-refractivity contribution in [2.24, 2.45) is 0 Å². The van der Waals surface area contributed by atoms with Crippen LogP contribution in [-0.4, -0.2) is 4.57 Å². The van der Waals surface area contributed by atoms with Gasteiger partial charge in [0.15, 0.2) is 0 Å². The molecule has 0 spiro atoms. The van der Waals surface area contributed by atoms with Gasteiger partial charge in [0.25, 0.3) is 0 Å². The summed E-state index contributed by atoms with van der Waals surface area (Å²) >= 11 is 3.90. The highest BCUT2D eigenvalue weighted by atomic mass is 32.1. The van der Waals surface area contributed by atoms with E-state index in [1.807, 2.05) is 22.7 Å². The molecule has 0 saturated carbocycles. The van der Waals surface area contributed by atoms with Crippen LogP contribution in [-0.2, 0) is 36.5 Å². The second-order valence-electron chi connectivity index (χ2n) is 22.8. The zero-order valence-corrected chi connectivity index (χ0v) is 50.5. The molecule has 0 aliphatic heterocycles. The summed E-state index contributed by atoms with van der Waals surface area (Å²) in [7, 11) is 0. The van der Waals surface area contributed by atoms with Gasteiger partial charge in [-0.05, 0) is 214 Å². The Bertz CT molecular complexity index is 4370. The van der Waals surface area contributed by atoms with E-state index >= 15 is 0 Å². The SMILES string of the molecule is C#CC#CC#CC#CC#Cn1c2cc(C)ccc2c2ccc(-c3cc4c(s3)-c3cc5c(cc3C4(c3ccc(CCCC)cc3)c3ccc(CCCC)cc3)-c3sc(C)cc3C5(c3ccc(CCCC)cc3)c3ccc(CCCC)cc3)cc21.[HH].[HH].[HH].[HH].[HH].[HH].[HH].[HH].[HH].[HH].[HH].[HH].[HH].[HH].[HH].[HH].[HH].[HH].[HH].[HH]. The quantitative estimate of drug-likeness (QED) is 0.0801. The maximum atomic E-state index is 5.28. The molecule has 1 nitrogen and oxygen atoms in total. The van der Waals surface area contributed by atoms with Crippen LogP contribution < -0.4 is 0 Å². The van der Waals surface area contributed by atoms with E-state index in [2.05, 4.69) is 257 Å². The fourth-order valence-corrected chi connectivity index (χ4v) is 15.7. The van der Waals surface area contributed by atoms with Gasteiger partial charge in [-0.3, -0.25) is 4.57 Å². The Balaban J connectivity index is -0.000000631. The molecule has 0 N–H and O–H groups in total. The third-order valence-corrected chi connectivity index (χ3v) is 19.8. The topological polar surface area (TPSA) is 4.93 Å². The molecule has 3 heteroatoms. The van der Waals surface area contributed by atoms with Crippen molar-refractivity contribution in [3.05, 3.63) is 235 Å². The van der Waals surface area contributed by atoms with Crippen molar-refractivity contribution in [3.63, 3.8) is 0 Å². The van der Waals surface area contributed by atoms with Gasteiger partial charge in [-0.2, -0.15) is 0 Å². The predicted molar refractivity (Wildman–Crippen MR) is 397 cm³/mol. The maximum absolute atomic E-state index is 5.28. The van der Waals surface area contributed by atoms with E-state index < -0.39 is 10.8 Å². The predicted octanol–water partition coefficient (Wildman–Crippen LogP) is 24.7. The van der Waals surface area contributed by atoms with Crippen molar-refractivity contribution in [2.75, 3.05) is 0 Å². The molecule has 3 heterocycles. The monoisotopic (exact) mass is 1150 g/mol. The number of rotatable bonds is 17. The number of unbranched alkanes of at least 4 members (excludes halogenated alkanes) is 4. The molecule has 0 fully saturated rings. The van der Waals surface area contributed by atoms with Crippen LogP contribution in [0.5, 0.6) is 0 Å². The number of hydrogen-bond acceptors (Lipinski definition) is 2. The molecular weight excluding hydrogens is 1040 g/mol. The van der Waals surface area contributed by atoms with Crippen LogP contribution in [0.15, 0.2) is 158 Å². The molecule has 83 heavy (non-hydrogen) atoms. The summed E-state index contributed by atoms with van der Waals surface area (Å²) in [4.78, 5) is 5.27. The average molecular weight is 1150 g/mol. The highest BCUT2D eigenvalue weighted by Crippen LogP contribution is 2.65. The first-order valence-electron chi connectivity index (χ1n) is 30.1. The van der Waals surface area contributed by atoms with Crippen LogP contribution in [0.1, 0.15) is 185 Å². The van der Waals surface area contributed by atoms with Crippen molar-refractivity contribution in [2.45, 2.75) is 129 Å². The van der Waals surface area contributed by atoms with Crippen molar-refractivity contribution < 1.29 is 28.5 Å². The Morgan fingerprint density at radius 3 is 1.29 bits per heavy atom. The van der Waals surface area contributed by atoms with E-state index in [1.54, 1.807) is 0 Å². The number of thiophene rings is 2. The lowest BCUT2D eigenvalue weighted by Gasteiger charge is -2.35. The average Bonchev–Trinajstić information content (AvgIpc) is 1.51. The number of hydrogen-bond donors (Lipinski definition) is 0. The van der Waals surface area contributed by atoms with Gasteiger partial charge in [0.1, 0.15) is 0 Å². The number of benzene rings is 7. The van der Waals surface area contributed by atoms with E-state index in [4.69, 9.17) is 6.42 Å². The molecule has 0 radical (unpaired) electrons. The van der Waals surface area contributed by atoms with E-state index in [9.17, 15) is 0 Å². The Kier molecular flexibility index (Phi) is 15.8. The number of terminal acetylenes is 1. The number of aromatic nitrogens is 1. The fourth-order valence-electron chi connectivity index (χ4n) is 13.4. The molecule has 2 aliphatic carbocycles. The Hall–Kier alpha value is -8.46. The van der Waals surface area contributed by atoms with Crippen LogP contribution in [0.4, 0.5) is 0 Å². The smallest absolute Gasteiger partial charge is 0.0722 e. The van der Waals surface area contributed by atoms with Crippen molar-refractivity contribution in [3.8, 4) is 91.2 Å². The molecule has 0 unspecified atom stereocenters. The highest BCUT2D eigenvalue weighted by Gasteiger charge is 2.53. The largest absolute Gasteiger partial charge is 0.268 e. The maximum Gasteiger partial charge on any atom is 0.0722 e. The van der Waals surface area contributed by atoms with Gasteiger partial charge in [-0.1, -0.05) is 175 Å². The minimum absolute atomic E-state index is 0. The second-order valence-corrected chi connectivity index (χ2v) is 25.1. The summed E-state index contributed by atoms with van der Waals surface area (Å²) in [5.74, 6) is 21.8. The fraction of sp³-hybridized carbons (Fsp3) is 0.250. The van der Waals surface area contributed by atoms with Crippen molar-refractivity contribution in [1.82, 2.24) is 4.57 Å². The zero-order chi connectivity index (χ0) is 57.1. The summed E-state index contributed by atoms with van der Waals surface area (Å²) in [5.41, 5.74) is 22.2. The summed E-state index contributed by atoms with van der Waals surface area (Å²) in [6.45, 7) is 13.6. The molecule has 0 atom stereocenters. The standard InChI is InChI=1S/C80H69NS2.20H2/c1-8-13-18-19-20-21-22-23-48-81-74-49-55(6)28-46-66(74)67-47-37-61(51-75(67)81)76-54-73-78(83-76)69-53-70-68(52-71(69)80(73,64-42-33-59(34-43-64)26-16-11-4)65-44-35-60(36-45-65)27-17-12-5)77-72(50-56(7)82-77)79(70,62-38-29-57(30-39-62)24-14-9-2)63-40-31-58(32-41-63)25-15-10-3;;;;;;;;;;;;;;;;;;;;/h1,28-47,49-54H,9-12,14-17,24-27H2,2-7H3;20*1H. The molecule has 10 aromatic rings. The van der Waals surface area contributed by atoms with Crippen LogP contribution in [0.2, 0.25) is 0 Å². The summed E-state index contributed by atoms with van der Waals surface area (Å²) in [5, 5.41) is 2.30. The molecule has 3 aromatic heterocycles. The normalized spacial score (nSPS) is 12.8. The molecular formula is C80H109NS2. The van der Waals surface area contributed by atoms with Crippen LogP contribution in [0, 0.1) is 73.7 Å². The van der Waals surface area contributed by atoms with Gasteiger partial charge in [-0.15, -0.1) is 29.1 Å². The van der Waals surface area contributed by atoms with E-state index in [1.165, 1.54) is 154 Å². The lowest BCUT2D eigenvalue weighted by Crippen LogP contribution is -2.30. The van der Waals surface area contributed by atoms with Gasteiger partial charge >= 0.3 is 0 Å². The van der Waals surface area contributed by atoms with E-state index in [0.717, 1.165) is 53.1 Å². The molecule has 0 amide bonds. The van der Waals surface area contributed by atoms with Crippen molar-refractivity contribution in [1.29, 1.82) is 0 Å². The first-order chi connectivity index (χ1) is 40.7. The molecule has 0 saturated heterocycles. The number of fused-ring (bicyclic) bond motifs is 9. The lowest BCUT2D eigenvalue weighted by molar-refractivity contribution is 0.752. The number of nitrogens with zero attached hydrogens (tertiary/aromatic N) is 1. The summed E-state index contributed by atoms with van der Waals surface area (Å²) in [6.07, 6.45) is 19.0. The third kappa shape index (κ3) is 9.84. The zero-order valence-electron chi connectivity index (χ0n) is 48.8. The second kappa shape index (κ2) is 23.8. The Morgan fingerprint density at radius 2 is 0.831 bits per heavy atom. The van der Waals surface area contributed by atoms with Gasteiger partial charge in [0, 0.05) is 88.5 Å². The molecule has 12 rings (SSSR count). The lowest BCUT2D eigenvalue weighted by atomic mass is 9.65. The van der Waals surface area contributed by atoms with Crippen LogP contribution >= 0.6 is 22.7 Å². The molecule has 7 aromatic carbocycles. The first kappa shape index (κ1) is 55.1. The van der Waals surface area contributed by atoms with Gasteiger partial charge in [-0.25, -0.2) is 0 Å². The van der Waals surface area contributed by atoms with Gasteiger partial charge in [0.05, 0.1) is 21.9 Å². The van der Waals surface area contributed by atoms with Crippen LogP contribution in [0.25, 0.3) is 53.1 Å².